The molecule has 26 heavy (non-hydrogen) atoms. The fourth-order valence-corrected chi connectivity index (χ4v) is 3.84. The van der Waals surface area contributed by atoms with Crippen LogP contribution in [0.2, 0.25) is 0 Å². The third kappa shape index (κ3) is 2.86. The molecule has 0 atom stereocenters. The molecule has 0 aliphatic heterocycles. The van der Waals surface area contributed by atoms with Crippen molar-refractivity contribution in [2.45, 2.75) is 6.42 Å². The molecule has 1 aliphatic rings. The number of fused-ring (bicyclic) bond motifs is 3. The number of benzene rings is 3. The van der Waals surface area contributed by atoms with Gasteiger partial charge >= 0.3 is 10.1 Å². The quantitative estimate of drug-likeness (QED) is 0.496. The molecule has 0 heterocycles. The SMILES string of the molecule is CS(=O)(=O)Oc1c(F)cc(-c2cccc3c2Cc2ccccc2-3)cc1F. The van der Waals surface area contributed by atoms with Crippen LogP contribution in [-0.4, -0.2) is 14.7 Å². The van der Waals surface area contributed by atoms with Gasteiger partial charge in [-0.1, -0.05) is 42.5 Å². The average Bonchev–Trinajstić information content (AvgIpc) is 2.96. The highest BCUT2D eigenvalue weighted by atomic mass is 32.2. The monoisotopic (exact) mass is 372 g/mol. The summed E-state index contributed by atoms with van der Waals surface area (Å²) in [6.07, 6.45) is 1.41. The summed E-state index contributed by atoms with van der Waals surface area (Å²) in [7, 11) is -4.03. The molecule has 0 fully saturated rings. The van der Waals surface area contributed by atoms with Gasteiger partial charge in [-0.15, -0.1) is 0 Å². The maximum atomic E-state index is 14.3. The van der Waals surface area contributed by atoms with Crippen LogP contribution in [0.1, 0.15) is 11.1 Å². The number of hydrogen-bond donors (Lipinski definition) is 0. The van der Waals surface area contributed by atoms with Gasteiger partial charge in [-0.3, -0.25) is 0 Å². The average molecular weight is 372 g/mol. The first kappa shape index (κ1) is 16.7. The topological polar surface area (TPSA) is 43.4 Å². The van der Waals surface area contributed by atoms with Crippen molar-refractivity contribution in [2.75, 3.05) is 6.26 Å². The normalized spacial score (nSPS) is 12.6. The van der Waals surface area contributed by atoms with Crippen LogP contribution in [0.4, 0.5) is 8.78 Å². The van der Waals surface area contributed by atoms with Crippen LogP contribution in [0.25, 0.3) is 22.3 Å². The van der Waals surface area contributed by atoms with Gasteiger partial charge in [0.05, 0.1) is 6.26 Å². The Morgan fingerprint density at radius 1 is 0.885 bits per heavy atom. The van der Waals surface area contributed by atoms with Crippen LogP contribution >= 0.6 is 0 Å². The predicted molar refractivity (Wildman–Crippen MR) is 95.5 cm³/mol. The minimum Gasteiger partial charge on any atom is -0.376 e. The molecule has 3 nitrogen and oxygen atoms in total. The zero-order valence-electron chi connectivity index (χ0n) is 13.8. The molecule has 0 saturated heterocycles. The summed E-state index contributed by atoms with van der Waals surface area (Å²) in [4.78, 5) is 0. The summed E-state index contributed by atoms with van der Waals surface area (Å²) in [5.74, 6) is -3.02. The highest BCUT2D eigenvalue weighted by Gasteiger charge is 2.23. The summed E-state index contributed by atoms with van der Waals surface area (Å²) >= 11 is 0. The molecule has 1 aliphatic carbocycles. The van der Waals surface area contributed by atoms with E-state index >= 15 is 0 Å². The molecule has 0 saturated carbocycles. The van der Waals surface area contributed by atoms with E-state index in [1.165, 1.54) is 0 Å². The van der Waals surface area contributed by atoms with Gasteiger partial charge in [0, 0.05) is 0 Å². The van der Waals surface area contributed by atoms with Gasteiger partial charge in [-0.25, -0.2) is 8.78 Å². The van der Waals surface area contributed by atoms with Gasteiger partial charge < -0.3 is 4.18 Å². The molecule has 132 valence electrons. The molecular weight excluding hydrogens is 358 g/mol. The second-order valence-corrected chi connectivity index (χ2v) is 7.80. The van der Waals surface area contributed by atoms with E-state index in [4.69, 9.17) is 0 Å². The van der Waals surface area contributed by atoms with Gasteiger partial charge in [0.2, 0.25) is 5.75 Å². The summed E-state index contributed by atoms with van der Waals surface area (Å²) in [6, 6.07) is 15.8. The lowest BCUT2D eigenvalue weighted by atomic mass is 9.95. The first-order chi connectivity index (χ1) is 12.3. The Balaban J connectivity index is 1.84. The maximum Gasteiger partial charge on any atom is 0.306 e. The molecule has 0 aromatic heterocycles. The highest BCUT2D eigenvalue weighted by Crippen LogP contribution is 2.42. The van der Waals surface area contributed by atoms with Crippen LogP contribution in [-0.2, 0) is 16.5 Å². The Morgan fingerprint density at radius 3 is 2.19 bits per heavy atom. The van der Waals surface area contributed by atoms with Crippen molar-refractivity contribution in [1.29, 1.82) is 0 Å². The molecular formula is C20H14F2O3S. The lowest BCUT2D eigenvalue weighted by Gasteiger charge is -2.12. The largest absolute Gasteiger partial charge is 0.376 e. The second kappa shape index (κ2) is 5.92. The van der Waals surface area contributed by atoms with Crippen molar-refractivity contribution < 1.29 is 21.4 Å². The van der Waals surface area contributed by atoms with Crippen LogP contribution in [0.3, 0.4) is 0 Å². The van der Waals surface area contributed by atoms with Crippen molar-refractivity contribution in [3.63, 3.8) is 0 Å². The first-order valence-corrected chi connectivity index (χ1v) is 9.74. The van der Waals surface area contributed by atoms with Crippen molar-refractivity contribution >= 4 is 10.1 Å². The van der Waals surface area contributed by atoms with Gasteiger partial charge in [-0.05, 0) is 51.9 Å². The van der Waals surface area contributed by atoms with Gasteiger partial charge in [0.1, 0.15) is 0 Å². The Labute approximate surface area is 150 Å². The molecule has 3 aromatic rings. The molecule has 0 radical (unpaired) electrons. The first-order valence-electron chi connectivity index (χ1n) is 7.92. The summed E-state index contributed by atoms with van der Waals surface area (Å²) in [6.45, 7) is 0. The zero-order valence-corrected chi connectivity index (χ0v) is 14.6. The number of rotatable bonds is 3. The fourth-order valence-electron chi connectivity index (χ4n) is 3.37. The van der Waals surface area contributed by atoms with Gasteiger partial charge in [0.15, 0.2) is 11.6 Å². The minimum atomic E-state index is -4.03. The van der Waals surface area contributed by atoms with E-state index in [1.807, 2.05) is 36.4 Å². The van der Waals surface area contributed by atoms with E-state index in [1.54, 1.807) is 6.07 Å². The molecule has 0 bridgehead atoms. The van der Waals surface area contributed by atoms with Crippen molar-refractivity contribution in [3.05, 3.63) is 77.4 Å². The third-order valence-electron chi connectivity index (χ3n) is 4.39. The standard InChI is InChI=1S/C20H14F2O3S/c1-26(23,24)25-20-18(21)10-13(11-19(20)22)15-7-4-8-16-14-6-3-2-5-12(14)9-17(15)16/h2-8,10-11H,9H2,1H3. The van der Waals surface area contributed by atoms with Crippen molar-refractivity contribution in [2.24, 2.45) is 0 Å². The van der Waals surface area contributed by atoms with E-state index in [9.17, 15) is 17.2 Å². The fraction of sp³-hybridized carbons (Fsp3) is 0.100. The van der Waals surface area contributed by atoms with E-state index < -0.39 is 27.5 Å². The van der Waals surface area contributed by atoms with Gasteiger partial charge in [-0.2, -0.15) is 8.42 Å². The Bertz CT molecular complexity index is 1110. The maximum absolute atomic E-state index is 14.3. The Kier molecular flexibility index (Phi) is 3.80. The number of hydrogen-bond acceptors (Lipinski definition) is 3. The molecule has 0 N–H and O–H groups in total. The molecule has 0 spiro atoms. The molecule has 4 rings (SSSR count). The van der Waals surface area contributed by atoms with E-state index in [-0.39, 0.29) is 0 Å². The summed E-state index contributed by atoms with van der Waals surface area (Å²) in [5, 5.41) is 0. The third-order valence-corrected chi connectivity index (χ3v) is 4.86. The highest BCUT2D eigenvalue weighted by molar-refractivity contribution is 7.86. The Hall–Kier alpha value is -2.73. The van der Waals surface area contributed by atoms with Crippen LogP contribution in [0, 0.1) is 11.6 Å². The number of halogens is 2. The molecule has 0 unspecified atom stereocenters. The summed E-state index contributed by atoms with van der Waals surface area (Å²) < 4.78 is 55.4. The predicted octanol–water partition coefficient (Wildman–Crippen LogP) is 4.54. The van der Waals surface area contributed by atoms with E-state index in [0.29, 0.717) is 17.5 Å². The van der Waals surface area contributed by atoms with Crippen LogP contribution in [0.5, 0.6) is 5.75 Å². The Morgan fingerprint density at radius 2 is 1.50 bits per heavy atom. The smallest absolute Gasteiger partial charge is 0.306 e. The van der Waals surface area contributed by atoms with E-state index in [2.05, 4.69) is 4.18 Å². The van der Waals surface area contributed by atoms with Crippen LogP contribution < -0.4 is 4.18 Å². The van der Waals surface area contributed by atoms with Crippen molar-refractivity contribution in [1.82, 2.24) is 0 Å². The summed E-state index contributed by atoms with van der Waals surface area (Å²) in [5.41, 5.74) is 5.35. The molecule has 0 amide bonds. The minimum absolute atomic E-state index is 0.338. The van der Waals surface area contributed by atoms with Crippen LogP contribution in [0.15, 0.2) is 54.6 Å². The lowest BCUT2D eigenvalue weighted by molar-refractivity contribution is 0.438. The van der Waals surface area contributed by atoms with Crippen molar-refractivity contribution in [3.8, 4) is 28.0 Å². The van der Waals surface area contributed by atoms with Gasteiger partial charge in [0.25, 0.3) is 0 Å². The lowest BCUT2D eigenvalue weighted by Crippen LogP contribution is -2.09. The van der Waals surface area contributed by atoms with E-state index in [0.717, 1.165) is 40.6 Å². The molecule has 3 aromatic carbocycles. The molecule has 6 heteroatoms. The second-order valence-electron chi connectivity index (χ2n) is 6.22. The zero-order chi connectivity index (χ0) is 18.5.